The molecule has 0 aliphatic rings. The van der Waals surface area contributed by atoms with E-state index in [1.54, 1.807) is 0 Å². The van der Waals surface area contributed by atoms with Crippen LogP contribution in [0.25, 0.3) is 0 Å². The van der Waals surface area contributed by atoms with E-state index in [-0.39, 0.29) is 6.54 Å². The zero-order valence-electron chi connectivity index (χ0n) is 9.04. The Bertz CT molecular complexity index is 339. The van der Waals surface area contributed by atoms with E-state index in [0.29, 0.717) is 19.5 Å². The molecule has 6 heteroatoms. The highest BCUT2D eigenvalue weighted by atomic mass is 16.5. The number of ether oxygens (including phenoxy) is 1. The van der Waals surface area contributed by atoms with Crippen molar-refractivity contribution in [3.8, 4) is 0 Å². The van der Waals surface area contributed by atoms with Crippen LogP contribution in [-0.4, -0.2) is 30.5 Å². The summed E-state index contributed by atoms with van der Waals surface area (Å²) in [4.78, 5) is 28.6. The van der Waals surface area contributed by atoms with Crippen molar-refractivity contribution in [2.24, 2.45) is 0 Å². The third kappa shape index (κ3) is 9.92. The van der Waals surface area contributed by atoms with Gasteiger partial charge in [-0.05, 0) is 5.56 Å². The highest BCUT2D eigenvalue weighted by Crippen LogP contribution is 1.98. The summed E-state index contributed by atoms with van der Waals surface area (Å²) in [5, 5.41) is 9.79. The number of benzene rings is 1. The second-order valence-electron chi connectivity index (χ2n) is 2.79. The Hall–Kier alpha value is -2.37. The van der Waals surface area contributed by atoms with E-state index in [2.05, 4.69) is 4.74 Å². The summed E-state index contributed by atoms with van der Waals surface area (Å²) < 4.78 is 4.54. The maximum absolute atomic E-state index is 9.76. The molecule has 0 heterocycles. The fourth-order valence-corrected chi connectivity index (χ4v) is 0.833. The Morgan fingerprint density at radius 3 is 2.35 bits per heavy atom. The lowest BCUT2D eigenvalue weighted by Gasteiger charge is -1.95. The monoisotopic (exact) mass is 239 g/mol. The van der Waals surface area contributed by atoms with E-state index < -0.39 is 5.97 Å². The van der Waals surface area contributed by atoms with Gasteiger partial charge in [-0.2, -0.15) is 0 Å². The van der Waals surface area contributed by atoms with E-state index in [9.17, 15) is 14.4 Å². The van der Waals surface area contributed by atoms with Gasteiger partial charge in [0.05, 0.1) is 0 Å². The number of carboxylic acids is 1. The number of carboxylic acid groups (broad SMARTS) is 1. The molecular weight excluding hydrogens is 226 g/mol. The van der Waals surface area contributed by atoms with Gasteiger partial charge >= 0.3 is 5.97 Å². The van der Waals surface area contributed by atoms with Crippen molar-refractivity contribution in [3.05, 3.63) is 35.9 Å². The molecule has 1 amide bonds. The number of aliphatic carboxylic acids is 1. The van der Waals surface area contributed by atoms with Crippen LogP contribution in [0.3, 0.4) is 0 Å². The van der Waals surface area contributed by atoms with E-state index in [1.165, 1.54) is 0 Å². The van der Waals surface area contributed by atoms with Gasteiger partial charge in [-0.1, -0.05) is 30.3 Å². The SMILES string of the molecule is O=CNCC(=O)O.O=COCc1ccccc1. The molecule has 1 rings (SSSR count). The summed E-state index contributed by atoms with van der Waals surface area (Å²) in [5.74, 6) is -1.04. The van der Waals surface area contributed by atoms with Crippen LogP contribution in [0.1, 0.15) is 5.56 Å². The van der Waals surface area contributed by atoms with Gasteiger partial charge in [0.2, 0.25) is 6.41 Å². The van der Waals surface area contributed by atoms with Crippen LogP contribution in [-0.2, 0) is 25.7 Å². The van der Waals surface area contributed by atoms with Crippen molar-refractivity contribution in [2.75, 3.05) is 6.54 Å². The van der Waals surface area contributed by atoms with Gasteiger partial charge in [0.1, 0.15) is 13.2 Å². The van der Waals surface area contributed by atoms with Crippen molar-refractivity contribution < 1.29 is 24.2 Å². The molecular formula is C11H13NO5. The van der Waals surface area contributed by atoms with Crippen molar-refractivity contribution >= 4 is 18.9 Å². The first-order valence-corrected chi connectivity index (χ1v) is 4.68. The zero-order chi connectivity index (χ0) is 12.9. The molecule has 1 aromatic rings. The molecule has 0 aromatic heterocycles. The van der Waals surface area contributed by atoms with Crippen molar-refractivity contribution in [2.45, 2.75) is 6.61 Å². The van der Waals surface area contributed by atoms with Crippen molar-refractivity contribution in [1.29, 1.82) is 0 Å². The maximum atomic E-state index is 9.76. The first-order valence-electron chi connectivity index (χ1n) is 4.68. The van der Waals surface area contributed by atoms with Crippen LogP contribution < -0.4 is 5.32 Å². The fourth-order valence-electron chi connectivity index (χ4n) is 0.833. The van der Waals surface area contributed by atoms with E-state index in [4.69, 9.17) is 5.11 Å². The van der Waals surface area contributed by atoms with Gasteiger partial charge < -0.3 is 15.2 Å². The van der Waals surface area contributed by atoms with Gasteiger partial charge in [0.15, 0.2) is 0 Å². The Labute approximate surface area is 98.2 Å². The normalized spacial score (nSPS) is 8.24. The lowest BCUT2D eigenvalue weighted by atomic mass is 10.2. The molecule has 0 aliphatic heterocycles. The summed E-state index contributed by atoms with van der Waals surface area (Å²) >= 11 is 0. The Kier molecular flexibility index (Phi) is 8.74. The standard InChI is InChI=1S/C8H8O2.C3H5NO3/c9-7-10-6-8-4-2-1-3-5-8;5-2-4-1-3(6)7/h1-5,7H,6H2;2H,1H2,(H,4,5)(H,6,7). The Morgan fingerprint density at radius 2 is 1.94 bits per heavy atom. The summed E-state index contributed by atoms with van der Waals surface area (Å²) in [6.45, 7) is 0.515. The minimum atomic E-state index is -1.04. The fraction of sp³-hybridized carbons (Fsp3) is 0.182. The van der Waals surface area contributed by atoms with E-state index in [1.807, 2.05) is 35.6 Å². The summed E-state index contributed by atoms with van der Waals surface area (Å²) in [5.41, 5.74) is 1.01. The molecule has 0 atom stereocenters. The molecule has 92 valence electrons. The number of rotatable bonds is 6. The molecule has 0 fully saturated rings. The van der Waals surface area contributed by atoms with E-state index >= 15 is 0 Å². The minimum Gasteiger partial charge on any atom is -0.480 e. The summed E-state index contributed by atoms with van der Waals surface area (Å²) in [6.07, 6.45) is 0.341. The molecule has 1 aromatic carbocycles. The zero-order valence-corrected chi connectivity index (χ0v) is 9.04. The third-order valence-electron chi connectivity index (χ3n) is 1.50. The lowest BCUT2D eigenvalue weighted by molar-refractivity contribution is -0.136. The molecule has 0 aliphatic carbocycles. The van der Waals surface area contributed by atoms with Crippen molar-refractivity contribution in [1.82, 2.24) is 5.32 Å². The number of carbonyl (C=O) groups excluding carboxylic acids is 2. The molecule has 17 heavy (non-hydrogen) atoms. The Balaban J connectivity index is 0.000000325. The smallest absolute Gasteiger partial charge is 0.322 e. The molecule has 0 spiro atoms. The molecule has 6 nitrogen and oxygen atoms in total. The summed E-state index contributed by atoms with van der Waals surface area (Å²) in [6, 6.07) is 9.55. The first-order chi connectivity index (χ1) is 8.20. The number of hydrogen-bond acceptors (Lipinski definition) is 4. The average Bonchev–Trinajstić information content (AvgIpc) is 2.36. The molecule has 2 N–H and O–H groups in total. The van der Waals surface area contributed by atoms with Gasteiger partial charge in [-0.25, -0.2) is 0 Å². The van der Waals surface area contributed by atoms with Gasteiger partial charge in [0, 0.05) is 0 Å². The van der Waals surface area contributed by atoms with Crippen LogP contribution in [0.2, 0.25) is 0 Å². The highest BCUT2D eigenvalue weighted by molar-refractivity contribution is 5.71. The number of hydrogen-bond donors (Lipinski definition) is 2. The Morgan fingerprint density at radius 1 is 1.29 bits per heavy atom. The van der Waals surface area contributed by atoms with Crippen LogP contribution in [0.4, 0.5) is 0 Å². The van der Waals surface area contributed by atoms with Crippen molar-refractivity contribution in [3.63, 3.8) is 0 Å². The number of amides is 1. The number of nitrogens with one attached hydrogen (secondary N) is 1. The van der Waals surface area contributed by atoms with Gasteiger partial charge in [-0.15, -0.1) is 0 Å². The molecule has 0 unspecified atom stereocenters. The minimum absolute atomic E-state index is 0.302. The molecule has 0 saturated heterocycles. The number of carbonyl (C=O) groups is 3. The first kappa shape index (κ1) is 14.6. The van der Waals surface area contributed by atoms with Crippen LogP contribution in [0.15, 0.2) is 30.3 Å². The highest BCUT2D eigenvalue weighted by Gasteiger charge is 1.88. The molecule has 0 saturated carbocycles. The van der Waals surface area contributed by atoms with Gasteiger partial charge in [0.25, 0.3) is 6.47 Å². The van der Waals surface area contributed by atoms with Crippen LogP contribution >= 0.6 is 0 Å². The second-order valence-corrected chi connectivity index (χ2v) is 2.79. The summed E-state index contributed by atoms with van der Waals surface area (Å²) in [7, 11) is 0. The lowest BCUT2D eigenvalue weighted by Crippen LogP contribution is -2.20. The average molecular weight is 239 g/mol. The predicted molar refractivity (Wildman–Crippen MR) is 59.0 cm³/mol. The third-order valence-corrected chi connectivity index (χ3v) is 1.50. The second kappa shape index (κ2) is 10.2. The predicted octanol–water partition coefficient (Wildman–Crippen LogP) is 0.177. The van der Waals surface area contributed by atoms with Crippen LogP contribution in [0, 0.1) is 0 Å². The molecule has 0 radical (unpaired) electrons. The topological polar surface area (TPSA) is 92.7 Å². The van der Waals surface area contributed by atoms with Gasteiger partial charge in [-0.3, -0.25) is 14.4 Å². The van der Waals surface area contributed by atoms with Crippen LogP contribution in [0.5, 0.6) is 0 Å². The van der Waals surface area contributed by atoms with E-state index in [0.717, 1.165) is 5.56 Å². The maximum Gasteiger partial charge on any atom is 0.322 e. The largest absolute Gasteiger partial charge is 0.480 e. The quantitative estimate of drug-likeness (QED) is 0.690. The molecule has 0 bridgehead atoms.